The number of carbonyl (C=O) groups excluding carboxylic acids is 1. The molecule has 0 saturated carbocycles. The highest BCUT2D eigenvalue weighted by molar-refractivity contribution is 5.72. The van der Waals surface area contributed by atoms with Gasteiger partial charge in [0, 0.05) is 32.2 Å². The fourth-order valence-electron chi connectivity index (χ4n) is 1.74. The SMILES string of the molecule is CC1CCCN1.NC(=O)N1CCNCC1. The number of nitrogens with one attached hydrogen (secondary N) is 2. The van der Waals surface area contributed by atoms with Crippen molar-refractivity contribution >= 4 is 6.03 Å². The zero-order valence-electron chi connectivity index (χ0n) is 9.46. The van der Waals surface area contributed by atoms with Crippen LogP contribution in [0.25, 0.3) is 0 Å². The van der Waals surface area contributed by atoms with Gasteiger partial charge < -0.3 is 21.3 Å². The van der Waals surface area contributed by atoms with E-state index < -0.39 is 0 Å². The van der Waals surface area contributed by atoms with E-state index >= 15 is 0 Å². The lowest BCUT2D eigenvalue weighted by molar-refractivity contribution is 0.200. The molecule has 2 aliphatic rings. The molecule has 88 valence electrons. The van der Waals surface area contributed by atoms with Crippen LogP contribution in [0.3, 0.4) is 0 Å². The molecule has 0 aromatic heterocycles. The molecule has 0 aliphatic carbocycles. The third-order valence-corrected chi connectivity index (χ3v) is 2.74. The van der Waals surface area contributed by atoms with Gasteiger partial charge in [-0.2, -0.15) is 0 Å². The maximum Gasteiger partial charge on any atom is 0.314 e. The van der Waals surface area contributed by atoms with Crippen LogP contribution >= 0.6 is 0 Å². The molecule has 1 atom stereocenters. The lowest BCUT2D eigenvalue weighted by Gasteiger charge is -2.25. The minimum absolute atomic E-state index is 0.309. The monoisotopic (exact) mass is 214 g/mol. The third-order valence-electron chi connectivity index (χ3n) is 2.74. The van der Waals surface area contributed by atoms with E-state index in [0.717, 1.165) is 32.2 Å². The number of nitrogens with two attached hydrogens (primary N) is 1. The van der Waals surface area contributed by atoms with Gasteiger partial charge in [0.15, 0.2) is 0 Å². The first-order valence-electron chi connectivity index (χ1n) is 5.68. The maximum absolute atomic E-state index is 10.5. The Hall–Kier alpha value is -0.810. The molecule has 4 N–H and O–H groups in total. The summed E-state index contributed by atoms with van der Waals surface area (Å²) in [6.07, 6.45) is 2.75. The summed E-state index contributed by atoms with van der Waals surface area (Å²) in [6, 6.07) is 0.488. The summed E-state index contributed by atoms with van der Waals surface area (Å²) in [6.45, 7) is 6.69. The molecule has 0 radical (unpaired) electrons. The van der Waals surface area contributed by atoms with Crippen LogP contribution in [0.2, 0.25) is 0 Å². The van der Waals surface area contributed by atoms with Gasteiger partial charge in [0.25, 0.3) is 0 Å². The summed E-state index contributed by atoms with van der Waals surface area (Å²) in [5.41, 5.74) is 5.03. The molecule has 0 spiro atoms. The quantitative estimate of drug-likeness (QED) is 0.520. The van der Waals surface area contributed by atoms with Crippen LogP contribution in [0.15, 0.2) is 0 Å². The van der Waals surface area contributed by atoms with Gasteiger partial charge in [0.1, 0.15) is 0 Å². The van der Waals surface area contributed by atoms with E-state index in [9.17, 15) is 4.79 Å². The average molecular weight is 214 g/mol. The summed E-state index contributed by atoms with van der Waals surface area (Å²) < 4.78 is 0. The number of nitrogens with zero attached hydrogens (tertiary/aromatic N) is 1. The van der Waals surface area contributed by atoms with Crippen LogP contribution in [0, 0.1) is 0 Å². The van der Waals surface area contributed by atoms with E-state index in [2.05, 4.69) is 17.6 Å². The van der Waals surface area contributed by atoms with Gasteiger partial charge in [-0.3, -0.25) is 0 Å². The molecule has 5 heteroatoms. The fourth-order valence-corrected chi connectivity index (χ4v) is 1.74. The second-order valence-electron chi connectivity index (χ2n) is 4.07. The van der Waals surface area contributed by atoms with Gasteiger partial charge in [-0.15, -0.1) is 0 Å². The van der Waals surface area contributed by atoms with Gasteiger partial charge in [0.2, 0.25) is 0 Å². The first-order valence-corrected chi connectivity index (χ1v) is 5.68. The number of urea groups is 1. The molecule has 2 rings (SSSR count). The van der Waals surface area contributed by atoms with Crippen molar-refractivity contribution in [1.29, 1.82) is 0 Å². The van der Waals surface area contributed by atoms with Crippen molar-refractivity contribution in [1.82, 2.24) is 15.5 Å². The zero-order chi connectivity index (χ0) is 11.1. The summed E-state index contributed by atoms with van der Waals surface area (Å²) in [5, 5.41) is 6.44. The molecule has 1 unspecified atom stereocenters. The van der Waals surface area contributed by atoms with E-state index in [1.807, 2.05) is 0 Å². The highest BCUT2D eigenvalue weighted by Gasteiger charge is 2.11. The molecule has 2 heterocycles. The normalized spacial score (nSPS) is 25.7. The van der Waals surface area contributed by atoms with Crippen molar-refractivity contribution in [3.63, 3.8) is 0 Å². The first-order chi connectivity index (χ1) is 7.20. The summed E-state index contributed by atoms with van der Waals surface area (Å²) in [7, 11) is 0. The first kappa shape index (κ1) is 12.3. The second-order valence-corrected chi connectivity index (χ2v) is 4.07. The number of piperazine rings is 1. The molecular weight excluding hydrogens is 192 g/mol. The molecule has 2 aliphatic heterocycles. The lowest BCUT2D eigenvalue weighted by Crippen LogP contribution is -2.48. The molecule has 0 aromatic rings. The van der Waals surface area contributed by atoms with Crippen LogP contribution in [-0.4, -0.2) is 49.7 Å². The lowest BCUT2D eigenvalue weighted by atomic mass is 10.3. The Labute approximate surface area is 91.4 Å². The van der Waals surface area contributed by atoms with Crippen molar-refractivity contribution < 1.29 is 4.79 Å². The van der Waals surface area contributed by atoms with Gasteiger partial charge >= 0.3 is 6.03 Å². The number of rotatable bonds is 0. The number of hydrogen-bond acceptors (Lipinski definition) is 3. The van der Waals surface area contributed by atoms with Crippen molar-refractivity contribution in [3.8, 4) is 0 Å². The molecular formula is C10H22N4O. The summed E-state index contributed by atoms with van der Waals surface area (Å²) in [5.74, 6) is 0. The topological polar surface area (TPSA) is 70.4 Å². The predicted octanol–water partition coefficient (Wildman–Crippen LogP) is -0.271. The van der Waals surface area contributed by atoms with Gasteiger partial charge in [-0.1, -0.05) is 0 Å². The smallest absolute Gasteiger partial charge is 0.314 e. The number of primary amides is 1. The maximum atomic E-state index is 10.5. The third kappa shape index (κ3) is 4.99. The largest absolute Gasteiger partial charge is 0.351 e. The van der Waals surface area contributed by atoms with Crippen LogP contribution in [0.1, 0.15) is 19.8 Å². The van der Waals surface area contributed by atoms with Crippen LogP contribution in [0.5, 0.6) is 0 Å². The van der Waals surface area contributed by atoms with E-state index in [-0.39, 0.29) is 6.03 Å². The Kier molecular flexibility index (Phi) is 5.42. The zero-order valence-corrected chi connectivity index (χ0v) is 9.46. The van der Waals surface area contributed by atoms with Crippen molar-refractivity contribution in [2.24, 2.45) is 5.73 Å². The van der Waals surface area contributed by atoms with Crippen LogP contribution in [0.4, 0.5) is 4.79 Å². The molecule has 0 aromatic carbocycles. The van der Waals surface area contributed by atoms with Crippen molar-refractivity contribution in [2.45, 2.75) is 25.8 Å². The Morgan fingerprint density at radius 1 is 1.33 bits per heavy atom. The second kappa shape index (κ2) is 6.63. The number of carbonyl (C=O) groups is 1. The van der Waals surface area contributed by atoms with Gasteiger partial charge in [-0.05, 0) is 26.3 Å². The molecule has 2 saturated heterocycles. The molecule has 2 fully saturated rings. The van der Waals surface area contributed by atoms with E-state index in [1.54, 1.807) is 4.90 Å². The average Bonchev–Trinajstić information content (AvgIpc) is 2.71. The summed E-state index contributed by atoms with van der Waals surface area (Å²) in [4.78, 5) is 12.1. The molecule has 0 bridgehead atoms. The van der Waals surface area contributed by atoms with Crippen molar-refractivity contribution in [3.05, 3.63) is 0 Å². The minimum Gasteiger partial charge on any atom is -0.351 e. The van der Waals surface area contributed by atoms with E-state index in [0.29, 0.717) is 0 Å². The Balaban J connectivity index is 0.000000162. The fraction of sp³-hybridized carbons (Fsp3) is 0.900. The van der Waals surface area contributed by atoms with Crippen LogP contribution < -0.4 is 16.4 Å². The Morgan fingerprint density at radius 3 is 2.27 bits per heavy atom. The predicted molar refractivity (Wildman–Crippen MR) is 60.7 cm³/mol. The highest BCUT2D eigenvalue weighted by atomic mass is 16.2. The van der Waals surface area contributed by atoms with Gasteiger partial charge in [0.05, 0.1) is 0 Å². The molecule has 15 heavy (non-hydrogen) atoms. The van der Waals surface area contributed by atoms with Crippen molar-refractivity contribution in [2.75, 3.05) is 32.7 Å². The minimum atomic E-state index is -0.309. The van der Waals surface area contributed by atoms with E-state index in [4.69, 9.17) is 5.73 Å². The van der Waals surface area contributed by atoms with E-state index in [1.165, 1.54) is 19.4 Å². The highest BCUT2D eigenvalue weighted by Crippen LogP contribution is 2.01. The van der Waals surface area contributed by atoms with Gasteiger partial charge in [-0.25, -0.2) is 4.79 Å². The molecule has 2 amide bonds. The number of amides is 2. The Morgan fingerprint density at radius 2 is 2.00 bits per heavy atom. The molecule has 5 nitrogen and oxygen atoms in total. The summed E-state index contributed by atoms with van der Waals surface area (Å²) >= 11 is 0. The number of hydrogen-bond donors (Lipinski definition) is 3. The Bertz CT molecular complexity index is 186. The standard InChI is InChI=1S/C5H11N3O.C5H11N/c6-5(9)8-3-1-7-2-4-8;1-5-3-2-4-6-5/h7H,1-4H2,(H2,6,9);5-6H,2-4H2,1H3. The van der Waals surface area contributed by atoms with Crippen LogP contribution in [-0.2, 0) is 0 Å².